The van der Waals surface area contributed by atoms with Crippen LogP contribution >= 0.6 is 0 Å². The van der Waals surface area contributed by atoms with Crippen LogP contribution in [-0.2, 0) is 11.2 Å². The maximum absolute atomic E-state index is 5.53. The van der Waals surface area contributed by atoms with E-state index in [1.165, 1.54) is 0 Å². The van der Waals surface area contributed by atoms with Crippen molar-refractivity contribution in [1.29, 1.82) is 0 Å². The third-order valence-electron chi connectivity index (χ3n) is 3.06. The quantitative estimate of drug-likeness (QED) is 0.681. The monoisotopic (exact) mass is 280 g/mol. The summed E-state index contributed by atoms with van der Waals surface area (Å²) in [5.41, 5.74) is 1.07. The first-order valence-electron chi connectivity index (χ1n) is 7.49. The molecule has 0 unspecified atom stereocenters. The summed E-state index contributed by atoms with van der Waals surface area (Å²) in [6.07, 6.45) is 3.30. The third kappa shape index (κ3) is 5.33. The molecule has 0 fully saturated rings. The van der Waals surface area contributed by atoms with Gasteiger partial charge in [-0.15, -0.1) is 0 Å². The van der Waals surface area contributed by atoms with Crippen molar-refractivity contribution >= 4 is 11.6 Å². The van der Waals surface area contributed by atoms with E-state index >= 15 is 0 Å². The Hall–Kier alpha value is -1.36. The molecule has 1 heterocycles. The Morgan fingerprint density at radius 2 is 1.85 bits per heavy atom. The van der Waals surface area contributed by atoms with E-state index in [1.807, 2.05) is 14.0 Å². The molecule has 1 rings (SSSR count). The molecule has 0 amide bonds. The molecule has 0 radical (unpaired) electrons. The van der Waals surface area contributed by atoms with Crippen LogP contribution in [0.3, 0.4) is 0 Å². The van der Waals surface area contributed by atoms with Crippen LogP contribution in [0.25, 0.3) is 0 Å². The van der Waals surface area contributed by atoms with Gasteiger partial charge >= 0.3 is 0 Å². The molecular formula is C15H28N4O. The van der Waals surface area contributed by atoms with Gasteiger partial charge in [0.15, 0.2) is 0 Å². The number of unbranched alkanes of at least 4 members (excludes halogenated alkanes) is 1. The van der Waals surface area contributed by atoms with Gasteiger partial charge in [0.25, 0.3) is 0 Å². The molecule has 2 N–H and O–H groups in total. The summed E-state index contributed by atoms with van der Waals surface area (Å²) in [7, 11) is 1.89. The van der Waals surface area contributed by atoms with Crippen molar-refractivity contribution in [2.45, 2.75) is 53.1 Å². The highest BCUT2D eigenvalue weighted by molar-refractivity contribution is 5.56. The second kappa shape index (κ2) is 8.74. The van der Waals surface area contributed by atoms with Crippen molar-refractivity contribution in [2.75, 3.05) is 30.8 Å². The highest BCUT2D eigenvalue weighted by atomic mass is 16.5. The summed E-state index contributed by atoms with van der Waals surface area (Å²) in [5, 5.41) is 6.53. The molecule has 20 heavy (non-hydrogen) atoms. The molecule has 0 aliphatic carbocycles. The van der Waals surface area contributed by atoms with E-state index in [9.17, 15) is 0 Å². The van der Waals surface area contributed by atoms with Gasteiger partial charge in [0, 0.05) is 32.2 Å². The number of rotatable bonds is 9. The van der Waals surface area contributed by atoms with Crippen molar-refractivity contribution in [3.8, 4) is 0 Å². The van der Waals surface area contributed by atoms with Gasteiger partial charge in [0.2, 0.25) is 0 Å². The van der Waals surface area contributed by atoms with E-state index in [1.54, 1.807) is 0 Å². The number of nitrogens with zero attached hydrogens (tertiary/aromatic N) is 2. The van der Waals surface area contributed by atoms with Crippen molar-refractivity contribution in [1.82, 2.24) is 9.97 Å². The van der Waals surface area contributed by atoms with Crippen LogP contribution in [0.15, 0.2) is 0 Å². The minimum Gasteiger partial charge on any atom is -0.379 e. The summed E-state index contributed by atoms with van der Waals surface area (Å²) >= 11 is 0. The van der Waals surface area contributed by atoms with Crippen molar-refractivity contribution in [3.63, 3.8) is 0 Å². The standard InChI is InChI=1S/C15H28N4O/c1-6-13-18-14(16-5)12(4)15(19-13)17-9-7-8-10-20-11(2)3/h11H,6-10H2,1-5H3,(H2,16,17,18,19). The van der Waals surface area contributed by atoms with Crippen LogP contribution in [0.2, 0.25) is 0 Å². The van der Waals surface area contributed by atoms with Crippen LogP contribution < -0.4 is 10.6 Å². The normalized spacial score (nSPS) is 10.9. The van der Waals surface area contributed by atoms with Gasteiger partial charge in [0.05, 0.1) is 6.10 Å². The number of anilines is 2. The lowest BCUT2D eigenvalue weighted by molar-refractivity contribution is 0.0765. The lowest BCUT2D eigenvalue weighted by Gasteiger charge is -2.13. The molecule has 0 bridgehead atoms. The van der Waals surface area contributed by atoms with Crippen LogP contribution in [0.1, 0.15) is 45.0 Å². The van der Waals surface area contributed by atoms with Crippen LogP contribution in [0.4, 0.5) is 11.6 Å². The Morgan fingerprint density at radius 1 is 1.15 bits per heavy atom. The van der Waals surface area contributed by atoms with E-state index < -0.39 is 0 Å². The van der Waals surface area contributed by atoms with Gasteiger partial charge in [-0.25, -0.2) is 9.97 Å². The Bertz CT molecular complexity index is 407. The topological polar surface area (TPSA) is 59.1 Å². The first-order chi connectivity index (χ1) is 9.58. The molecule has 0 aliphatic heterocycles. The highest BCUT2D eigenvalue weighted by Gasteiger charge is 2.08. The molecule has 5 heteroatoms. The van der Waals surface area contributed by atoms with Crippen LogP contribution in [-0.4, -0.2) is 36.3 Å². The molecule has 0 spiro atoms. The molecule has 1 aromatic heterocycles. The van der Waals surface area contributed by atoms with Gasteiger partial charge < -0.3 is 15.4 Å². The lowest BCUT2D eigenvalue weighted by atomic mass is 10.2. The largest absolute Gasteiger partial charge is 0.379 e. The zero-order valence-electron chi connectivity index (χ0n) is 13.4. The number of hydrogen-bond acceptors (Lipinski definition) is 5. The first kappa shape index (κ1) is 16.7. The maximum Gasteiger partial charge on any atom is 0.134 e. The maximum atomic E-state index is 5.53. The summed E-state index contributed by atoms with van der Waals surface area (Å²) < 4.78 is 5.53. The molecule has 0 saturated heterocycles. The molecule has 0 aromatic carbocycles. The summed E-state index contributed by atoms with van der Waals surface area (Å²) in [6, 6.07) is 0. The first-order valence-corrected chi connectivity index (χ1v) is 7.49. The van der Waals surface area contributed by atoms with Gasteiger partial charge in [-0.2, -0.15) is 0 Å². The van der Waals surface area contributed by atoms with E-state index in [0.29, 0.717) is 6.10 Å². The zero-order chi connectivity index (χ0) is 15.0. The van der Waals surface area contributed by atoms with Crippen LogP contribution in [0, 0.1) is 6.92 Å². The average Bonchev–Trinajstić information content (AvgIpc) is 2.43. The predicted octanol–water partition coefficient (Wildman–Crippen LogP) is 3.01. The molecule has 0 aliphatic rings. The Kier molecular flexibility index (Phi) is 7.30. The number of aromatic nitrogens is 2. The van der Waals surface area contributed by atoms with E-state index in [-0.39, 0.29) is 0 Å². The van der Waals surface area contributed by atoms with Gasteiger partial charge in [-0.3, -0.25) is 0 Å². The second-order valence-electron chi connectivity index (χ2n) is 5.12. The minimum atomic E-state index is 0.317. The molecular weight excluding hydrogens is 252 g/mol. The number of hydrogen-bond donors (Lipinski definition) is 2. The van der Waals surface area contributed by atoms with Crippen molar-refractivity contribution in [2.24, 2.45) is 0 Å². The molecule has 1 aromatic rings. The van der Waals surface area contributed by atoms with Gasteiger partial charge in [-0.05, 0) is 33.6 Å². The Balaban J connectivity index is 2.46. The number of aryl methyl sites for hydroxylation is 1. The van der Waals surface area contributed by atoms with Gasteiger partial charge in [0.1, 0.15) is 17.5 Å². The minimum absolute atomic E-state index is 0.317. The Morgan fingerprint density at radius 3 is 2.45 bits per heavy atom. The zero-order valence-corrected chi connectivity index (χ0v) is 13.4. The molecule has 0 saturated carbocycles. The lowest BCUT2D eigenvalue weighted by Crippen LogP contribution is -2.11. The SMILES string of the molecule is CCc1nc(NC)c(C)c(NCCCCOC(C)C)n1. The van der Waals surface area contributed by atoms with Crippen LogP contribution in [0.5, 0.6) is 0 Å². The third-order valence-corrected chi connectivity index (χ3v) is 3.06. The summed E-state index contributed by atoms with van der Waals surface area (Å²) in [5.74, 6) is 2.71. The molecule has 114 valence electrons. The summed E-state index contributed by atoms with van der Waals surface area (Å²) in [4.78, 5) is 9.02. The van der Waals surface area contributed by atoms with Gasteiger partial charge in [-0.1, -0.05) is 6.92 Å². The predicted molar refractivity (Wildman–Crippen MR) is 84.5 cm³/mol. The number of nitrogens with one attached hydrogen (secondary N) is 2. The number of ether oxygens (including phenoxy) is 1. The van der Waals surface area contributed by atoms with E-state index in [2.05, 4.69) is 41.4 Å². The Labute approximate surface area is 122 Å². The molecule has 0 atom stereocenters. The second-order valence-corrected chi connectivity index (χ2v) is 5.12. The average molecular weight is 280 g/mol. The fourth-order valence-electron chi connectivity index (χ4n) is 1.89. The van der Waals surface area contributed by atoms with Crippen molar-refractivity contribution < 1.29 is 4.74 Å². The van der Waals surface area contributed by atoms with E-state index in [0.717, 1.165) is 55.4 Å². The molecule has 5 nitrogen and oxygen atoms in total. The van der Waals surface area contributed by atoms with E-state index in [4.69, 9.17) is 4.74 Å². The fourth-order valence-corrected chi connectivity index (χ4v) is 1.89. The highest BCUT2D eigenvalue weighted by Crippen LogP contribution is 2.19. The fraction of sp³-hybridized carbons (Fsp3) is 0.733. The van der Waals surface area contributed by atoms with Crippen molar-refractivity contribution in [3.05, 3.63) is 11.4 Å². The summed E-state index contributed by atoms with van der Waals surface area (Å²) in [6.45, 7) is 9.96. The smallest absolute Gasteiger partial charge is 0.134 e.